The van der Waals surface area contributed by atoms with Crippen molar-refractivity contribution in [1.29, 1.82) is 0 Å². The van der Waals surface area contributed by atoms with Crippen molar-refractivity contribution in [2.24, 2.45) is 0 Å². The Morgan fingerprint density at radius 1 is 1.09 bits per heavy atom. The number of benzene rings is 2. The summed E-state index contributed by atoms with van der Waals surface area (Å²) in [5.74, 6) is 0.741. The predicted molar refractivity (Wildman–Crippen MR) is 130 cm³/mol. The van der Waals surface area contributed by atoms with Crippen molar-refractivity contribution in [2.75, 3.05) is 11.9 Å². The maximum absolute atomic E-state index is 13.1. The predicted octanol–water partition coefficient (Wildman–Crippen LogP) is 5.53. The van der Waals surface area contributed by atoms with Crippen LogP contribution in [0.4, 0.5) is 10.5 Å². The molecule has 0 atom stereocenters. The highest BCUT2D eigenvalue weighted by Gasteiger charge is 2.18. The first-order valence-corrected chi connectivity index (χ1v) is 11.3. The molecule has 4 aromatic rings. The SMILES string of the molecule is CCOc1ccc2[nH]c(=O)c(CN(Cc3cccs3)C(=O)Nc3ccc(C)cc3)cc2c1. The van der Waals surface area contributed by atoms with Crippen LogP contribution < -0.4 is 15.6 Å². The first kappa shape index (κ1) is 21.6. The fourth-order valence-corrected chi connectivity index (χ4v) is 4.16. The van der Waals surface area contributed by atoms with Crippen molar-refractivity contribution in [3.05, 3.63) is 92.4 Å². The summed E-state index contributed by atoms with van der Waals surface area (Å²) in [5.41, 5.74) is 2.87. The van der Waals surface area contributed by atoms with Gasteiger partial charge in [-0.05, 0) is 61.7 Å². The standard InChI is InChI=1S/C25H25N3O3S/c1-3-31-21-10-11-23-18(14-21)13-19(24(29)27-23)15-28(16-22-5-4-12-32-22)25(30)26-20-8-6-17(2)7-9-20/h4-14H,3,15-16H2,1-2H3,(H,26,30)(H,27,29). The molecule has 0 saturated heterocycles. The Hall–Kier alpha value is -3.58. The summed E-state index contributed by atoms with van der Waals surface area (Å²) in [6, 6.07) is 18.7. The lowest BCUT2D eigenvalue weighted by Crippen LogP contribution is -2.35. The van der Waals surface area contributed by atoms with E-state index in [-0.39, 0.29) is 18.1 Å². The van der Waals surface area contributed by atoms with Crippen LogP contribution in [-0.4, -0.2) is 22.5 Å². The molecule has 7 heteroatoms. The number of urea groups is 1. The molecule has 0 saturated carbocycles. The Morgan fingerprint density at radius 2 is 1.91 bits per heavy atom. The minimum atomic E-state index is -0.259. The summed E-state index contributed by atoms with van der Waals surface area (Å²) in [4.78, 5) is 31.5. The molecule has 0 aliphatic heterocycles. The maximum atomic E-state index is 13.1. The van der Waals surface area contributed by atoms with Crippen molar-refractivity contribution in [3.63, 3.8) is 0 Å². The third kappa shape index (κ3) is 5.18. The second kappa shape index (κ2) is 9.70. The van der Waals surface area contributed by atoms with Gasteiger partial charge >= 0.3 is 6.03 Å². The Balaban J connectivity index is 1.62. The fourth-order valence-electron chi connectivity index (χ4n) is 3.44. The van der Waals surface area contributed by atoms with Crippen molar-refractivity contribution < 1.29 is 9.53 Å². The van der Waals surface area contributed by atoms with Crippen molar-refractivity contribution >= 4 is 34.0 Å². The second-order valence-corrected chi connectivity index (χ2v) is 8.57. The Morgan fingerprint density at radius 3 is 2.62 bits per heavy atom. The summed E-state index contributed by atoms with van der Waals surface area (Å²) in [6.45, 7) is 5.08. The number of rotatable bonds is 7. The van der Waals surface area contributed by atoms with Crippen molar-refractivity contribution in [1.82, 2.24) is 9.88 Å². The molecule has 0 aliphatic carbocycles. The number of pyridine rings is 1. The van der Waals surface area contributed by atoms with Crippen LogP contribution in [0.5, 0.6) is 5.75 Å². The Kier molecular flexibility index (Phi) is 6.56. The van der Waals surface area contributed by atoms with Gasteiger partial charge in [-0.15, -0.1) is 11.3 Å². The zero-order valence-electron chi connectivity index (χ0n) is 18.1. The number of hydrogen-bond donors (Lipinski definition) is 2. The molecule has 2 aromatic carbocycles. The smallest absolute Gasteiger partial charge is 0.322 e. The zero-order valence-corrected chi connectivity index (χ0v) is 18.9. The molecule has 0 radical (unpaired) electrons. The molecule has 2 heterocycles. The molecule has 0 spiro atoms. The molecule has 4 rings (SSSR count). The van der Waals surface area contributed by atoms with Crippen LogP contribution in [-0.2, 0) is 13.1 Å². The number of ether oxygens (including phenoxy) is 1. The van der Waals surface area contributed by atoms with E-state index in [9.17, 15) is 9.59 Å². The van der Waals surface area contributed by atoms with Crippen LogP contribution in [0.3, 0.4) is 0 Å². The summed E-state index contributed by atoms with van der Waals surface area (Å²) < 4.78 is 5.58. The fraction of sp³-hybridized carbons (Fsp3) is 0.200. The van der Waals surface area contributed by atoms with Gasteiger partial charge in [0.05, 0.1) is 19.7 Å². The molecule has 2 N–H and O–H groups in total. The van der Waals surface area contributed by atoms with Gasteiger partial charge in [-0.1, -0.05) is 23.8 Å². The number of fused-ring (bicyclic) bond motifs is 1. The minimum absolute atomic E-state index is 0.180. The summed E-state index contributed by atoms with van der Waals surface area (Å²) in [5, 5.41) is 5.78. The van der Waals surface area contributed by atoms with Gasteiger partial charge in [0.15, 0.2) is 0 Å². The van der Waals surface area contributed by atoms with Crippen LogP contribution in [0.1, 0.15) is 22.9 Å². The van der Waals surface area contributed by atoms with Crippen LogP contribution in [0.25, 0.3) is 10.9 Å². The highest BCUT2D eigenvalue weighted by Crippen LogP contribution is 2.21. The van der Waals surface area contributed by atoms with Crippen LogP contribution >= 0.6 is 11.3 Å². The number of H-pyrrole nitrogens is 1. The Labute approximate surface area is 190 Å². The number of aryl methyl sites for hydroxylation is 1. The monoisotopic (exact) mass is 447 g/mol. The molecule has 2 amide bonds. The third-order valence-corrected chi connectivity index (χ3v) is 5.94. The summed E-state index contributed by atoms with van der Waals surface area (Å²) in [7, 11) is 0. The minimum Gasteiger partial charge on any atom is -0.494 e. The first-order valence-electron chi connectivity index (χ1n) is 10.5. The van der Waals surface area contributed by atoms with Crippen molar-refractivity contribution in [2.45, 2.75) is 26.9 Å². The highest BCUT2D eigenvalue weighted by atomic mass is 32.1. The lowest BCUT2D eigenvalue weighted by atomic mass is 10.1. The van der Waals surface area contributed by atoms with E-state index in [2.05, 4.69) is 10.3 Å². The number of carbonyl (C=O) groups excluding carboxylic acids is 1. The second-order valence-electron chi connectivity index (χ2n) is 7.54. The van der Waals surface area contributed by atoms with Gasteiger partial charge in [0, 0.05) is 27.0 Å². The number of hydrogen-bond acceptors (Lipinski definition) is 4. The van der Waals surface area contributed by atoms with Crippen molar-refractivity contribution in [3.8, 4) is 5.75 Å². The number of aromatic nitrogens is 1. The van der Waals surface area contributed by atoms with Gasteiger partial charge in [-0.25, -0.2) is 4.79 Å². The highest BCUT2D eigenvalue weighted by molar-refractivity contribution is 7.09. The molecule has 32 heavy (non-hydrogen) atoms. The Bertz CT molecular complexity index is 1260. The van der Waals surface area contributed by atoms with Crippen LogP contribution in [0, 0.1) is 6.92 Å². The number of anilines is 1. The normalized spacial score (nSPS) is 10.8. The quantitative estimate of drug-likeness (QED) is 0.391. The third-order valence-electron chi connectivity index (χ3n) is 5.08. The molecule has 0 aliphatic rings. The number of nitrogens with one attached hydrogen (secondary N) is 2. The molecule has 164 valence electrons. The number of aromatic amines is 1. The molecule has 2 aromatic heterocycles. The van der Waals surface area contributed by atoms with Crippen LogP contribution in [0.2, 0.25) is 0 Å². The van der Waals surface area contributed by atoms with Gasteiger partial charge in [0.2, 0.25) is 0 Å². The molecular formula is C25H25N3O3S. The topological polar surface area (TPSA) is 74.4 Å². The molecule has 0 bridgehead atoms. The lowest BCUT2D eigenvalue weighted by molar-refractivity contribution is 0.207. The van der Waals surface area contributed by atoms with E-state index in [4.69, 9.17) is 4.74 Å². The van der Waals surface area contributed by atoms with Gasteiger partial charge in [0.1, 0.15) is 5.75 Å². The average Bonchev–Trinajstić information content (AvgIpc) is 3.29. The zero-order chi connectivity index (χ0) is 22.5. The molecule has 0 unspecified atom stereocenters. The van der Waals surface area contributed by atoms with Gasteiger partial charge < -0.3 is 19.9 Å². The van der Waals surface area contributed by atoms with E-state index in [1.807, 2.05) is 79.9 Å². The molecule has 6 nitrogen and oxygen atoms in total. The van der Waals surface area contributed by atoms with E-state index in [1.165, 1.54) is 0 Å². The summed E-state index contributed by atoms with van der Waals surface area (Å²) in [6.07, 6.45) is 0. The largest absolute Gasteiger partial charge is 0.494 e. The average molecular weight is 448 g/mol. The van der Waals surface area contributed by atoms with Gasteiger partial charge in [0.25, 0.3) is 5.56 Å². The maximum Gasteiger partial charge on any atom is 0.322 e. The van der Waals surface area contributed by atoms with E-state index < -0.39 is 0 Å². The number of thiophene rings is 1. The van der Waals surface area contributed by atoms with Gasteiger partial charge in [-0.2, -0.15) is 0 Å². The van der Waals surface area contributed by atoms with Gasteiger partial charge in [-0.3, -0.25) is 4.79 Å². The molecular weight excluding hydrogens is 422 g/mol. The van der Waals surface area contributed by atoms with E-state index in [1.54, 1.807) is 16.2 Å². The summed E-state index contributed by atoms with van der Waals surface area (Å²) >= 11 is 1.58. The van der Waals surface area contributed by atoms with Crippen LogP contribution in [0.15, 0.2) is 70.8 Å². The van der Waals surface area contributed by atoms with E-state index in [0.29, 0.717) is 24.4 Å². The number of nitrogens with zero attached hydrogens (tertiary/aromatic N) is 1. The number of carbonyl (C=O) groups is 1. The molecule has 0 fully saturated rings. The van der Waals surface area contributed by atoms with E-state index >= 15 is 0 Å². The first-order chi connectivity index (χ1) is 15.5. The number of amides is 2. The lowest BCUT2D eigenvalue weighted by Gasteiger charge is -2.23. The van der Waals surface area contributed by atoms with E-state index in [0.717, 1.165) is 27.1 Å².